The number of rotatable bonds is 24. The molecule has 0 saturated heterocycles. The van der Waals surface area contributed by atoms with Crippen molar-refractivity contribution >= 4 is 0 Å². The van der Waals surface area contributed by atoms with E-state index in [9.17, 15) is 0 Å². The van der Waals surface area contributed by atoms with Gasteiger partial charge in [-0.25, -0.2) is 8.78 Å². The molecular formula is C68H106F4O. The third-order valence-electron chi connectivity index (χ3n) is 21.7. The molecule has 0 bridgehead atoms. The number of ether oxygens (including phenoxy) is 1. The summed E-state index contributed by atoms with van der Waals surface area (Å²) in [6.07, 6.45) is 47.4. The Hall–Kier alpha value is -2.04. The van der Waals surface area contributed by atoms with Crippen molar-refractivity contribution in [3.05, 3.63) is 57.7 Å². The molecule has 1 nitrogen and oxygen atoms in total. The van der Waals surface area contributed by atoms with Crippen LogP contribution in [-0.2, 0) is 25.7 Å². The first-order valence-electron chi connectivity index (χ1n) is 32.3. The number of unbranched alkanes of at least 4 members (excludes halogenated alkanes) is 2. The lowest BCUT2D eigenvalue weighted by Gasteiger charge is -2.38. The number of hydrogen-bond acceptors (Lipinski definition) is 1. The average Bonchev–Trinajstić information content (AvgIpc) is 3.42. The lowest BCUT2D eigenvalue weighted by atomic mass is 9.68. The molecule has 5 heteroatoms. The van der Waals surface area contributed by atoms with Gasteiger partial charge in [0, 0.05) is 0 Å². The van der Waals surface area contributed by atoms with Gasteiger partial charge in [0.05, 0.1) is 0 Å². The maximum atomic E-state index is 16.9. The van der Waals surface area contributed by atoms with E-state index >= 15 is 17.6 Å². The van der Waals surface area contributed by atoms with Crippen LogP contribution < -0.4 is 4.74 Å². The van der Waals surface area contributed by atoms with Gasteiger partial charge in [0.25, 0.3) is 0 Å². The zero-order valence-corrected chi connectivity index (χ0v) is 47.3. The fraction of sp³-hybridized carbons (Fsp3) is 0.824. The molecule has 73 heavy (non-hydrogen) atoms. The van der Waals surface area contributed by atoms with Crippen molar-refractivity contribution in [3.8, 4) is 11.5 Å². The number of benzene rings is 2. The zero-order chi connectivity index (χ0) is 51.1. The lowest BCUT2D eigenvalue weighted by Crippen LogP contribution is -2.26. The summed E-state index contributed by atoms with van der Waals surface area (Å²) < 4.78 is 73.3. The molecule has 0 amide bonds. The van der Waals surface area contributed by atoms with Gasteiger partial charge >= 0.3 is 0 Å². The van der Waals surface area contributed by atoms with Crippen LogP contribution in [0.4, 0.5) is 17.6 Å². The Bertz CT molecular complexity index is 1770. The van der Waals surface area contributed by atoms with Crippen LogP contribution in [0, 0.1) is 94.3 Å². The first kappa shape index (κ1) is 57.1. The molecule has 2 aromatic rings. The lowest BCUT2D eigenvalue weighted by molar-refractivity contribution is 0.140. The van der Waals surface area contributed by atoms with Gasteiger partial charge in [-0.15, -0.1) is 0 Å². The fourth-order valence-electron chi connectivity index (χ4n) is 16.9. The largest absolute Gasteiger partial charge is 0.451 e. The molecule has 0 spiro atoms. The van der Waals surface area contributed by atoms with Crippen LogP contribution in [0.2, 0.25) is 0 Å². The Morgan fingerprint density at radius 1 is 0.329 bits per heavy atom. The van der Waals surface area contributed by atoms with Crippen LogP contribution in [0.5, 0.6) is 11.5 Å². The molecule has 412 valence electrons. The van der Waals surface area contributed by atoms with Gasteiger partial charge in [-0.2, -0.15) is 8.78 Å². The molecule has 0 aromatic heterocycles. The minimum absolute atomic E-state index is 0.288. The van der Waals surface area contributed by atoms with Gasteiger partial charge < -0.3 is 4.74 Å². The van der Waals surface area contributed by atoms with Gasteiger partial charge in [0.15, 0.2) is 23.1 Å². The molecule has 6 aliphatic rings. The summed E-state index contributed by atoms with van der Waals surface area (Å²) in [5, 5.41) is 0. The molecule has 2 aromatic carbocycles. The van der Waals surface area contributed by atoms with Crippen molar-refractivity contribution in [2.45, 2.75) is 285 Å². The molecule has 0 N–H and O–H groups in total. The normalized spacial score (nSPS) is 31.4. The van der Waals surface area contributed by atoms with E-state index in [1.54, 1.807) is 12.1 Å². The molecule has 8 rings (SSSR count). The quantitative estimate of drug-likeness (QED) is 0.0953. The maximum absolute atomic E-state index is 16.9. The van der Waals surface area contributed by atoms with Gasteiger partial charge in [-0.05, 0) is 221 Å². The van der Waals surface area contributed by atoms with Crippen LogP contribution in [0.3, 0.4) is 0 Å². The third-order valence-corrected chi connectivity index (χ3v) is 21.7. The van der Waals surface area contributed by atoms with E-state index in [-0.39, 0.29) is 11.5 Å². The molecule has 0 heterocycles. The standard InChI is InChI=1S/C68H106F4O/c1-5-9-13-49-23-33-55(34-24-49)57-37-27-51(28-38-57)31-41-61-59(43-53-19-15-47(11-7-3)16-20-53)45-63(67(71)65(61)69)73-64-46-60(44-54-21-17-48(12-8-4)18-22-54)62(66(70)68(64)72)42-32-52-29-39-58(40-30-52)56-35-25-50(26-36-56)14-10-6-2/h45-58H,5-44H2,1-4H3. The molecule has 6 aliphatic carbocycles. The Balaban J connectivity index is 0.960. The summed E-state index contributed by atoms with van der Waals surface area (Å²) in [6, 6.07) is 3.40. The van der Waals surface area contributed by atoms with E-state index in [2.05, 4.69) is 27.7 Å². The van der Waals surface area contributed by atoms with Crippen molar-refractivity contribution in [2.75, 3.05) is 0 Å². The van der Waals surface area contributed by atoms with Crippen LogP contribution >= 0.6 is 0 Å². The van der Waals surface area contributed by atoms with E-state index < -0.39 is 23.3 Å². The molecule has 6 fully saturated rings. The summed E-state index contributed by atoms with van der Waals surface area (Å²) >= 11 is 0. The first-order chi connectivity index (χ1) is 35.6. The Morgan fingerprint density at radius 3 is 0.904 bits per heavy atom. The highest BCUT2D eigenvalue weighted by Crippen LogP contribution is 2.47. The van der Waals surface area contributed by atoms with E-state index in [1.807, 2.05) is 0 Å². The Morgan fingerprint density at radius 2 is 0.603 bits per heavy atom. The first-order valence-corrected chi connectivity index (χ1v) is 32.3. The topological polar surface area (TPSA) is 9.23 Å². The van der Waals surface area contributed by atoms with E-state index in [0.717, 1.165) is 97.0 Å². The Labute approximate surface area is 445 Å². The summed E-state index contributed by atoms with van der Waals surface area (Å²) in [5.74, 6) is 4.28. The Kier molecular flexibility index (Phi) is 22.8. The average molecular weight is 1020 g/mol. The second kappa shape index (κ2) is 29.1. The van der Waals surface area contributed by atoms with E-state index in [4.69, 9.17) is 4.74 Å². The highest BCUT2D eigenvalue weighted by atomic mass is 19.2. The van der Waals surface area contributed by atoms with Crippen LogP contribution in [0.15, 0.2) is 12.1 Å². The summed E-state index contributed by atoms with van der Waals surface area (Å²) in [7, 11) is 0. The van der Waals surface area contributed by atoms with Gasteiger partial charge in [0.2, 0.25) is 11.6 Å². The second-order valence-electron chi connectivity index (χ2n) is 26.6. The fourth-order valence-corrected chi connectivity index (χ4v) is 16.9. The van der Waals surface area contributed by atoms with Crippen LogP contribution in [0.25, 0.3) is 0 Å². The summed E-state index contributed by atoms with van der Waals surface area (Å²) in [4.78, 5) is 0. The SMILES string of the molecule is CCCCC1CCC(C2CCC(CCc3c(CC4CCC(CCC)CC4)cc(Oc4cc(CC5CCC(CCC)CC5)c(CCC5CCC(C6CCC(CCCC)CC6)CC5)c(F)c4F)c(F)c3F)CC2)CC1. The van der Waals surface area contributed by atoms with Crippen molar-refractivity contribution in [1.82, 2.24) is 0 Å². The highest BCUT2D eigenvalue weighted by molar-refractivity contribution is 5.45. The van der Waals surface area contributed by atoms with Crippen molar-refractivity contribution < 1.29 is 22.3 Å². The summed E-state index contributed by atoms with van der Waals surface area (Å²) in [5.41, 5.74) is 2.63. The second-order valence-corrected chi connectivity index (χ2v) is 26.6. The molecule has 0 atom stereocenters. The molecule has 0 aliphatic heterocycles. The highest BCUT2D eigenvalue weighted by Gasteiger charge is 2.35. The number of halogens is 4. The monoisotopic (exact) mass is 1010 g/mol. The number of hydrogen-bond donors (Lipinski definition) is 0. The zero-order valence-electron chi connectivity index (χ0n) is 47.3. The summed E-state index contributed by atoms with van der Waals surface area (Å²) in [6.45, 7) is 9.15. The molecular weight excluding hydrogens is 909 g/mol. The van der Waals surface area contributed by atoms with Crippen molar-refractivity contribution in [2.24, 2.45) is 71.0 Å². The molecule has 6 saturated carbocycles. The van der Waals surface area contributed by atoms with Gasteiger partial charge in [-0.3, -0.25) is 0 Å². The smallest absolute Gasteiger partial charge is 0.201 e. The van der Waals surface area contributed by atoms with Crippen LogP contribution in [-0.4, -0.2) is 0 Å². The van der Waals surface area contributed by atoms with Gasteiger partial charge in [-0.1, -0.05) is 169 Å². The molecule has 0 unspecified atom stereocenters. The van der Waals surface area contributed by atoms with E-state index in [1.165, 1.54) is 193 Å². The van der Waals surface area contributed by atoms with Crippen LogP contribution in [0.1, 0.15) is 281 Å². The van der Waals surface area contributed by atoms with E-state index in [0.29, 0.717) is 60.5 Å². The predicted octanol–water partition coefficient (Wildman–Crippen LogP) is 21.8. The van der Waals surface area contributed by atoms with Crippen molar-refractivity contribution in [3.63, 3.8) is 0 Å². The van der Waals surface area contributed by atoms with Crippen molar-refractivity contribution in [1.29, 1.82) is 0 Å². The predicted molar refractivity (Wildman–Crippen MR) is 298 cm³/mol. The minimum Gasteiger partial charge on any atom is -0.451 e. The maximum Gasteiger partial charge on any atom is 0.201 e. The third kappa shape index (κ3) is 16.0. The molecule has 0 radical (unpaired) electrons. The van der Waals surface area contributed by atoms with Gasteiger partial charge in [0.1, 0.15) is 0 Å². The minimum atomic E-state index is -1.05.